The van der Waals surface area contributed by atoms with Gasteiger partial charge in [0.25, 0.3) is 0 Å². The van der Waals surface area contributed by atoms with E-state index in [1.54, 1.807) is 43.3 Å². The van der Waals surface area contributed by atoms with Crippen molar-refractivity contribution >= 4 is 11.8 Å². The van der Waals surface area contributed by atoms with Gasteiger partial charge in [-0.1, -0.05) is 60.7 Å². The molecule has 0 unspecified atom stereocenters. The van der Waals surface area contributed by atoms with Crippen LogP contribution in [0.25, 0.3) is 0 Å². The molecule has 2 aromatic rings. The van der Waals surface area contributed by atoms with Gasteiger partial charge in [0.2, 0.25) is 0 Å². The molecule has 2 heterocycles. The zero-order chi connectivity index (χ0) is 19.0. The average Bonchev–Trinajstić information content (AvgIpc) is 3.50. The van der Waals surface area contributed by atoms with Crippen LogP contribution in [0.1, 0.15) is 29.3 Å². The number of nitrogens with one attached hydrogen (secondary N) is 1. The van der Waals surface area contributed by atoms with E-state index < -0.39 is 17.6 Å². The van der Waals surface area contributed by atoms with Gasteiger partial charge in [-0.2, -0.15) is 0 Å². The Morgan fingerprint density at radius 2 is 1.78 bits per heavy atom. The number of ketones is 1. The molecule has 2 aliphatic heterocycles. The number of hydrogen-bond donors (Lipinski definition) is 2. The Bertz CT molecular complexity index is 910. The summed E-state index contributed by atoms with van der Waals surface area (Å²) in [5, 5.41) is 12.9. The zero-order valence-electron chi connectivity index (χ0n) is 14.9. The summed E-state index contributed by atoms with van der Waals surface area (Å²) in [7, 11) is 0. The van der Waals surface area contributed by atoms with Crippen LogP contribution in [0.15, 0.2) is 72.1 Å². The van der Waals surface area contributed by atoms with E-state index in [0.29, 0.717) is 16.9 Å². The number of esters is 1. The van der Waals surface area contributed by atoms with Gasteiger partial charge < -0.3 is 9.84 Å². The maximum atomic E-state index is 13.2. The average molecular weight is 364 g/mol. The van der Waals surface area contributed by atoms with Crippen molar-refractivity contribution in [2.75, 3.05) is 6.61 Å². The Labute approximate surface area is 157 Å². The van der Waals surface area contributed by atoms with Crippen molar-refractivity contribution in [3.8, 4) is 0 Å². The largest absolute Gasteiger partial charge is 0.463 e. The highest BCUT2D eigenvalue weighted by Gasteiger charge is 2.57. The van der Waals surface area contributed by atoms with Crippen molar-refractivity contribution in [2.45, 2.75) is 19.1 Å². The minimum absolute atomic E-state index is 0.0510. The van der Waals surface area contributed by atoms with Crippen LogP contribution in [0.2, 0.25) is 0 Å². The molecule has 2 aliphatic rings. The molecule has 0 aliphatic carbocycles. The third-order valence-corrected chi connectivity index (χ3v) is 4.96. The fourth-order valence-corrected chi connectivity index (χ4v) is 3.61. The molecule has 1 saturated heterocycles. The van der Waals surface area contributed by atoms with Crippen LogP contribution in [0, 0.1) is 5.92 Å². The van der Waals surface area contributed by atoms with E-state index >= 15 is 0 Å². The monoisotopic (exact) mass is 364 g/mol. The predicted molar refractivity (Wildman–Crippen MR) is 97.9 cm³/mol. The van der Waals surface area contributed by atoms with E-state index in [1.807, 2.05) is 24.3 Å². The molecule has 27 heavy (non-hydrogen) atoms. The molecule has 6 nitrogen and oxygen atoms in total. The zero-order valence-corrected chi connectivity index (χ0v) is 14.9. The minimum Gasteiger partial charge on any atom is -0.463 e. The fourth-order valence-electron chi connectivity index (χ4n) is 3.61. The van der Waals surface area contributed by atoms with Gasteiger partial charge in [0.1, 0.15) is 0 Å². The molecule has 138 valence electrons. The lowest BCUT2D eigenvalue weighted by molar-refractivity contribution is -0.140. The fraction of sp³-hybridized carbons (Fsp3) is 0.238. The Kier molecular flexibility index (Phi) is 4.20. The molecule has 2 atom stereocenters. The first kappa shape index (κ1) is 17.3. The van der Waals surface area contributed by atoms with Crippen LogP contribution in [0.3, 0.4) is 0 Å². The number of aliphatic hydroxyl groups is 1. The maximum Gasteiger partial charge on any atom is 0.338 e. The summed E-state index contributed by atoms with van der Waals surface area (Å²) in [5.41, 5.74) is 2.96. The molecule has 0 bridgehead atoms. The van der Waals surface area contributed by atoms with Crippen LogP contribution >= 0.6 is 0 Å². The first-order valence-corrected chi connectivity index (χ1v) is 8.91. The molecule has 6 heteroatoms. The smallest absolute Gasteiger partial charge is 0.338 e. The summed E-state index contributed by atoms with van der Waals surface area (Å²) < 4.78 is 5.17. The summed E-state index contributed by atoms with van der Waals surface area (Å²) in [6.45, 7) is 1.93. The highest BCUT2D eigenvalue weighted by molar-refractivity contribution is 6.06. The van der Waals surface area contributed by atoms with Gasteiger partial charge in [-0.15, -0.1) is 0 Å². The van der Waals surface area contributed by atoms with Crippen LogP contribution < -0.4 is 5.43 Å². The standard InChI is InChI=1S/C21H20N2O4/c1-2-27-20(25)17-16(18(24)14-9-5-3-6-10-14)13-21(26,23-19(17)22-23)15-11-7-4-8-12-15/h3-12,16,22,26H,2,13H2,1H3/t16-,21+,23?/m1/s1. The number of carbonyl (C=O) groups excluding carboxylic acids is 2. The van der Waals surface area contributed by atoms with Crippen molar-refractivity contribution in [3.05, 3.63) is 83.2 Å². The predicted octanol–water partition coefficient (Wildman–Crippen LogP) is 2.33. The third-order valence-electron chi connectivity index (χ3n) is 4.96. The Hall–Kier alpha value is -3.12. The van der Waals surface area contributed by atoms with E-state index in [2.05, 4.69) is 5.43 Å². The molecule has 2 aromatic carbocycles. The lowest BCUT2D eigenvalue weighted by Crippen LogP contribution is -2.43. The second kappa shape index (κ2) is 6.55. The van der Waals surface area contributed by atoms with Gasteiger partial charge >= 0.3 is 5.97 Å². The summed E-state index contributed by atoms with van der Waals surface area (Å²) in [6.07, 6.45) is 0.0510. The number of carbonyl (C=O) groups is 2. The van der Waals surface area contributed by atoms with E-state index in [-0.39, 0.29) is 24.4 Å². The van der Waals surface area contributed by atoms with Gasteiger partial charge in [0.05, 0.1) is 18.1 Å². The normalized spacial score (nSPS) is 23.3. The van der Waals surface area contributed by atoms with Gasteiger partial charge in [0, 0.05) is 17.5 Å². The molecule has 0 radical (unpaired) electrons. The summed E-state index contributed by atoms with van der Waals surface area (Å²) >= 11 is 0. The number of nitrogens with zero attached hydrogens (tertiary/aromatic N) is 1. The minimum atomic E-state index is -1.41. The van der Waals surface area contributed by atoms with Crippen molar-refractivity contribution in [1.82, 2.24) is 10.4 Å². The second-order valence-electron chi connectivity index (χ2n) is 6.60. The molecule has 0 spiro atoms. The first-order chi connectivity index (χ1) is 13.1. The Morgan fingerprint density at radius 1 is 1.15 bits per heavy atom. The third kappa shape index (κ3) is 2.88. The number of fused-ring (bicyclic) bond motifs is 1. The molecule has 4 rings (SSSR count). The Morgan fingerprint density at radius 3 is 2.41 bits per heavy atom. The summed E-state index contributed by atoms with van der Waals surface area (Å²) in [4.78, 5) is 25.8. The molecule has 1 fully saturated rings. The molecular weight excluding hydrogens is 344 g/mol. The molecule has 0 aromatic heterocycles. The highest BCUT2D eigenvalue weighted by atomic mass is 16.5. The molecule has 0 amide bonds. The lowest BCUT2D eigenvalue weighted by Gasteiger charge is -2.35. The first-order valence-electron chi connectivity index (χ1n) is 8.91. The Balaban J connectivity index is 1.78. The van der Waals surface area contributed by atoms with Crippen molar-refractivity contribution in [2.24, 2.45) is 5.92 Å². The quantitative estimate of drug-likeness (QED) is 0.481. The lowest BCUT2D eigenvalue weighted by atomic mass is 9.79. The van der Waals surface area contributed by atoms with Crippen molar-refractivity contribution in [3.63, 3.8) is 0 Å². The van der Waals surface area contributed by atoms with Gasteiger partial charge in [-0.25, -0.2) is 9.80 Å². The van der Waals surface area contributed by atoms with Gasteiger partial charge in [-0.3, -0.25) is 10.2 Å². The van der Waals surface area contributed by atoms with E-state index in [9.17, 15) is 14.7 Å². The SMILES string of the molecule is CCOC(=O)C1=C2NN2[C@@](O)(c2ccccc2)C[C@H]1C(=O)c1ccccc1. The highest BCUT2D eigenvalue weighted by Crippen LogP contribution is 2.48. The summed E-state index contributed by atoms with van der Waals surface area (Å²) in [6, 6.07) is 17.9. The number of benzene rings is 2. The topological polar surface area (TPSA) is 88.6 Å². The number of hydrazine groups is 1. The number of ether oxygens (including phenoxy) is 1. The van der Waals surface area contributed by atoms with E-state index in [4.69, 9.17) is 4.74 Å². The number of rotatable bonds is 5. The second-order valence-corrected chi connectivity index (χ2v) is 6.60. The summed E-state index contributed by atoms with van der Waals surface area (Å²) in [5.74, 6) is -1.11. The van der Waals surface area contributed by atoms with Crippen molar-refractivity contribution in [1.29, 1.82) is 0 Å². The number of Topliss-reactive ketones (excluding diaryl/α,β-unsaturated/α-hetero) is 1. The molecule has 0 saturated carbocycles. The van der Waals surface area contributed by atoms with Crippen LogP contribution in [0.4, 0.5) is 0 Å². The van der Waals surface area contributed by atoms with Crippen molar-refractivity contribution < 1.29 is 19.4 Å². The molecular formula is C21H20N2O4. The maximum absolute atomic E-state index is 13.2. The van der Waals surface area contributed by atoms with E-state index in [1.165, 1.54) is 5.01 Å². The van der Waals surface area contributed by atoms with Gasteiger partial charge in [-0.05, 0) is 6.92 Å². The van der Waals surface area contributed by atoms with Crippen LogP contribution in [-0.2, 0) is 15.3 Å². The van der Waals surface area contributed by atoms with Crippen LogP contribution in [-0.4, -0.2) is 28.5 Å². The van der Waals surface area contributed by atoms with Crippen LogP contribution in [0.5, 0.6) is 0 Å². The molecule has 2 N–H and O–H groups in total. The van der Waals surface area contributed by atoms with E-state index in [0.717, 1.165) is 0 Å². The van der Waals surface area contributed by atoms with Gasteiger partial charge in [0.15, 0.2) is 17.3 Å². The number of hydrogen-bond acceptors (Lipinski definition) is 6.